The number of carbonyl (C=O) groups is 4. The summed E-state index contributed by atoms with van der Waals surface area (Å²) in [5.74, 6) is -2.33. The summed E-state index contributed by atoms with van der Waals surface area (Å²) in [6.45, 7) is 4.67. The molecule has 0 radical (unpaired) electrons. The van der Waals surface area contributed by atoms with Crippen LogP contribution in [0.1, 0.15) is 37.6 Å². The first-order valence-electron chi connectivity index (χ1n) is 7.51. The highest BCUT2D eigenvalue weighted by Crippen LogP contribution is 2.21. The second kappa shape index (κ2) is 9.22. The standard InChI is InChI=1S/C17H21NO5S/c1-10(2)15(17(22)23)18-14(20)9-13(24-11(3)19)16(21)12-7-5-4-6-8-12/h4-8,10,13,15H,9H2,1-3H3,(H,18,20)(H,22,23)/t13?,15-/m0/s1. The number of thioether (sulfide) groups is 1. The van der Waals surface area contributed by atoms with Gasteiger partial charge in [0.2, 0.25) is 5.91 Å². The van der Waals surface area contributed by atoms with Crippen molar-refractivity contribution < 1.29 is 24.3 Å². The highest BCUT2D eigenvalue weighted by molar-refractivity contribution is 8.14. The van der Waals surface area contributed by atoms with Crippen LogP contribution in [-0.2, 0) is 14.4 Å². The Balaban J connectivity index is 2.86. The average molecular weight is 351 g/mol. The Bertz CT molecular complexity index is 615. The van der Waals surface area contributed by atoms with Gasteiger partial charge in [-0.05, 0) is 5.92 Å². The summed E-state index contributed by atoms with van der Waals surface area (Å²) in [7, 11) is 0. The van der Waals surface area contributed by atoms with Gasteiger partial charge in [-0.2, -0.15) is 0 Å². The predicted molar refractivity (Wildman–Crippen MR) is 91.9 cm³/mol. The number of benzene rings is 1. The predicted octanol–water partition coefficient (Wildman–Crippen LogP) is 2.13. The lowest BCUT2D eigenvalue weighted by Gasteiger charge is -2.20. The lowest BCUT2D eigenvalue weighted by atomic mass is 10.0. The highest BCUT2D eigenvalue weighted by Gasteiger charge is 2.28. The molecule has 0 aliphatic carbocycles. The van der Waals surface area contributed by atoms with Crippen LogP contribution in [-0.4, -0.2) is 39.2 Å². The molecule has 0 bridgehead atoms. The van der Waals surface area contributed by atoms with Gasteiger partial charge < -0.3 is 10.4 Å². The minimum absolute atomic E-state index is 0.255. The molecule has 0 spiro atoms. The first-order chi connectivity index (χ1) is 11.2. The van der Waals surface area contributed by atoms with Crippen molar-refractivity contribution in [3.63, 3.8) is 0 Å². The molecule has 1 aromatic rings. The van der Waals surface area contributed by atoms with Crippen LogP contribution in [0.5, 0.6) is 0 Å². The molecule has 6 nitrogen and oxygen atoms in total. The summed E-state index contributed by atoms with van der Waals surface area (Å²) in [5.41, 5.74) is 0.405. The number of Topliss-reactive ketones (excluding diaryl/α,β-unsaturated/α-hetero) is 1. The zero-order valence-electron chi connectivity index (χ0n) is 13.8. The maximum atomic E-state index is 12.5. The van der Waals surface area contributed by atoms with Gasteiger partial charge in [-0.1, -0.05) is 55.9 Å². The number of hydrogen-bond donors (Lipinski definition) is 2. The number of carboxylic acid groups (broad SMARTS) is 1. The molecule has 1 unspecified atom stereocenters. The van der Waals surface area contributed by atoms with Gasteiger partial charge in [-0.25, -0.2) is 4.79 Å². The fourth-order valence-electron chi connectivity index (χ4n) is 2.09. The molecule has 7 heteroatoms. The Morgan fingerprint density at radius 1 is 1.12 bits per heavy atom. The molecular formula is C17H21NO5S. The number of rotatable bonds is 8. The summed E-state index contributed by atoms with van der Waals surface area (Å²) in [4.78, 5) is 47.2. The zero-order chi connectivity index (χ0) is 18.3. The van der Waals surface area contributed by atoms with Crippen molar-refractivity contribution in [2.75, 3.05) is 0 Å². The maximum Gasteiger partial charge on any atom is 0.326 e. The minimum atomic E-state index is -1.14. The van der Waals surface area contributed by atoms with Gasteiger partial charge in [0.15, 0.2) is 10.9 Å². The van der Waals surface area contributed by atoms with Gasteiger partial charge in [-0.15, -0.1) is 0 Å². The van der Waals surface area contributed by atoms with Crippen LogP contribution < -0.4 is 5.32 Å². The number of ketones is 1. The molecular weight excluding hydrogens is 330 g/mol. The average Bonchev–Trinajstić information content (AvgIpc) is 2.51. The fraction of sp³-hybridized carbons (Fsp3) is 0.412. The van der Waals surface area contributed by atoms with Crippen LogP contribution in [0.15, 0.2) is 30.3 Å². The van der Waals surface area contributed by atoms with Crippen molar-refractivity contribution >= 4 is 34.5 Å². The second-order valence-corrected chi connectivity index (χ2v) is 7.04. The molecule has 0 fully saturated rings. The quantitative estimate of drug-likeness (QED) is 0.696. The van der Waals surface area contributed by atoms with E-state index in [1.54, 1.807) is 44.2 Å². The lowest BCUT2D eigenvalue weighted by Crippen LogP contribution is -2.45. The number of amides is 1. The smallest absolute Gasteiger partial charge is 0.326 e. The number of nitrogens with one attached hydrogen (secondary N) is 1. The topological polar surface area (TPSA) is 101 Å². The molecule has 0 saturated heterocycles. The van der Waals surface area contributed by atoms with E-state index in [0.717, 1.165) is 11.8 Å². The third-order valence-corrected chi connectivity index (χ3v) is 4.28. The largest absolute Gasteiger partial charge is 0.480 e. The first-order valence-corrected chi connectivity index (χ1v) is 8.39. The normalized spacial score (nSPS) is 13.2. The maximum absolute atomic E-state index is 12.5. The van der Waals surface area contributed by atoms with E-state index in [2.05, 4.69) is 5.32 Å². The molecule has 2 atom stereocenters. The lowest BCUT2D eigenvalue weighted by molar-refractivity contribution is -0.143. The third-order valence-electron chi connectivity index (χ3n) is 3.28. The van der Waals surface area contributed by atoms with Gasteiger partial charge >= 0.3 is 5.97 Å². The molecule has 1 rings (SSSR count). The highest BCUT2D eigenvalue weighted by atomic mass is 32.2. The monoisotopic (exact) mass is 351 g/mol. The van der Waals surface area contributed by atoms with Crippen LogP contribution in [0, 0.1) is 5.92 Å². The Morgan fingerprint density at radius 2 is 1.71 bits per heavy atom. The summed E-state index contributed by atoms with van der Waals surface area (Å²) in [6, 6.07) is 7.35. The van der Waals surface area contributed by atoms with Gasteiger partial charge in [-0.3, -0.25) is 14.4 Å². The van der Waals surface area contributed by atoms with Crippen LogP contribution in [0.25, 0.3) is 0 Å². The number of hydrogen-bond acceptors (Lipinski definition) is 5. The summed E-state index contributed by atoms with van der Waals surface area (Å²) >= 11 is 0.778. The van der Waals surface area contributed by atoms with Crippen LogP contribution in [0.3, 0.4) is 0 Å². The van der Waals surface area contributed by atoms with E-state index in [0.29, 0.717) is 5.56 Å². The Hall–Kier alpha value is -2.15. The Kier molecular flexibility index (Phi) is 7.64. The Labute approximate surface area is 145 Å². The van der Waals surface area contributed by atoms with Gasteiger partial charge in [0, 0.05) is 18.9 Å². The van der Waals surface area contributed by atoms with Crippen molar-refractivity contribution in [3.05, 3.63) is 35.9 Å². The molecule has 0 aliphatic rings. The van der Waals surface area contributed by atoms with Crippen LogP contribution in [0.2, 0.25) is 0 Å². The zero-order valence-corrected chi connectivity index (χ0v) is 14.6. The van der Waals surface area contributed by atoms with Crippen molar-refractivity contribution in [3.8, 4) is 0 Å². The SMILES string of the molecule is CC(=O)SC(CC(=O)N[C@H](C(=O)O)C(C)C)C(=O)c1ccccc1. The summed E-state index contributed by atoms with van der Waals surface area (Å²) in [6.07, 6.45) is -0.255. The molecule has 1 amide bonds. The van der Waals surface area contributed by atoms with Gasteiger partial charge in [0.05, 0.1) is 5.25 Å². The first kappa shape index (κ1) is 19.9. The second-order valence-electron chi connectivity index (χ2n) is 5.66. The minimum Gasteiger partial charge on any atom is -0.480 e. The summed E-state index contributed by atoms with van der Waals surface area (Å²) in [5, 5.41) is 10.4. The van der Waals surface area contributed by atoms with E-state index in [-0.39, 0.29) is 23.2 Å². The van der Waals surface area contributed by atoms with Gasteiger partial charge in [0.1, 0.15) is 6.04 Å². The molecule has 0 aliphatic heterocycles. The van der Waals surface area contributed by atoms with Crippen LogP contribution >= 0.6 is 11.8 Å². The third kappa shape index (κ3) is 6.16. The van der Waals surface area contributed by atoms with E-state index < -0.39 is 23.2 Å². The number of carbonyl (C=O) groups excluding carboxylic acids is 3. The van der Waals surface area contributed by atoms with Crippen molar-refractivity contribution in [1.82, 2.24) is 5.32 Å². The molecule has 24 heavy (non-hydrogen) atoms. The number of aliphatic carboxylic acids is 1. The van der Waals surface area contributed by atoms with E-state index in [4.69, 9.17) is 5.11 Å². The Morgan fingerprint density at radius 3 is 2.17 bits per heavy atom. The fourth-order valence-corrected chi connectivity index (χ4v) is 2.97. The van der Waals surface area contributed by atoms with E-state index >= 15 is 0 Å². The molecule has 130 valence electrons. The van der Waals surface area contributed by atoms with E-state index in [1.165, 1.54) is 6.92 Å². The number of carboxylic acids is 1. The molecule has 0 heterocycles. The molecule has 0 aromatic heterocycles. The molecule has 0 saturated carbocycles. The van der Waals surface area contributed by atoms with Crippen LogP contribution in [0.4, 0.5) is 0 Å². The van der Waals surface area contributed by atoms with E-state index in [1.807, 2.05) is 0 Å². The van der Waals surface area contributed by atoms with Crippen molar-refractivity contribution in [1.29, 1.82) is 0 Å². The van der Waals surface area contributed by atoms with Crippen molar-refractivity contribution in [2.45, 2.75) is 38.5 Å². The van der Waals surface area contributed by atoms with E-state index in [9.17, 15) is 19.2 Å². The molecule has 2 N–H and O–H groups in total. The summed E-state index contributed by atoms with van der Waals surface area (Å²) < 4.78 is 0. The molecule has 1 aromatic carbocycles. The van der Waals surface area contributed by atoms with Crippen molar-refractivity contribution in [2.24, 2.45) is 5.92 Å². The van der Waals surface area contributed by atoms with Gasteiger partial charge in [0.25, 0.3) is 0 Å².